The number of thioether (sulfide) groups is 1. The van der Waals surface area contributed by atoms with Crippen LogP contribution in [0.1, 0.15) is 31.2 Å². The van der Waals surface area contributed by atoms with Gasteiger partial charge in [-0.1, -0.05) is 18.3 Å². The molecule has 0 aliphatic heterocycles. The van der Waals surface area contributed by atoms with Crippen LogP contribution in [0.25, 0.3) is 0 Å². The number of nitrogens with one attached hydrogen (secondary N) is 2. The molecule has 1 aliphatic rings. The predicted molar refractivity (Wildman–Crippen MR) is 76.4 cm³/mol. The van der Waals surface area contributed by atoms with Crippen molar-refractivity contribution < 1.29 is 4.79 Å². The van der Waals surface area contributed by atoms with Crippen LogP contribution in [0, 0.1) is 0 Å². The Bertz CT molecular complexity index is 410. The Balaban J connectivity index is 1.78. The summed E-state index contributed by atoms with van der Waals surface area (Å²) in [5.74, 6) is 0. The van der Waals surface area contributed by atoms with Crippen LogP contribution in [0.15, 0.2) is 0 Å². The van der Waals surface area contributed by atoms with Crippen molar-refractivity contribution in [3.8, 4) is 0 Å². The summed E-state index contributed by atoms with van der Waals surface area (Å²) in [6, 6.07) is 0.126. The second-order valence-corrected chi connectivity index (χ2v) is 6.52. The molecule has 1 saturated carbocycles. The maximum atomic E-state index is 11.8. The molecule has 1 aliphatic carbocycles. The van der Waals surface area contributed by atoms with E-state index >= 15 is 0 Å². The van der Waals surface area contributed by atoms with Gasteiger partial charge in [-0.2, -0.15) is 11.8 Å². The zero-order valence-corrected chi connectivity index (χ0v) is 12.2. The van der Waals surface area contributed by atoms with Gasteiger partial charge in [0.05, 0.1) is 0 Å². The lowest BCUT2D eigenvalue weighted by atomic mass is 10.2. The van der Waals surface area contributed by atoms with Crippen LogP contribution < -0.4 is 10.6 Å². The Morgan fingerprint density at radius 3 is 2.94 bits per heavy atom. The third kappa shape index (κ3) is 3.58. The lowest BCUT2D eigenvalue weighted by molar-refractivity contribution is 0.248. The maximum Gasteiger partial charge on any atom is 0.321 e. The summed E-state index contributed by atoms with van der Waals surface area (Å²) >= 11 is 3.31. The van der Waals surface area contributed by atoms with E-state index in [9.17, 15) is 4.79 Å². The van der Waals surface area contributed by atoms with Gasteiger partial charge in [-0.05, 0) is 31.9 Å². The van der Waals surface area contributed by atoms with Gasteiger partial charge in [0.15, 0.2) is 0 Å². The van der Waals surface area contributed by atoms with Gasteiger partial charge >= 0.3 is 6.03 Å². The summed E-state index contributed by atoms with van der Waals surface area (Å²) in [4.78, 5) is 11.8. The minimum atomic E-state index is -0.166. The van der Waals surface area contributed by atoms with Crippen LogP contribution in [-0.4, -0.2) is 33.8 Å². The molecular formula is C11H18N4OS2. The highest BCUT2D eigenvalue weighted by atomic mass is 32.2. The van der Waals surface area contributed by atoms with Crippen molar-refractivity contribution in [1.29, 1.82) is 0 Å². The average molecular weight is 286 g/mol. The van der Waals surface area contributed by atoms with E-state index in [1.54, 1.807) is 0 Å². The molecule has 2 amide bonds. The Morgan fingerprint density at radius 1 is 1.50 bits per heavy atom. The van der Waals surface area contributed by atoms with Gasteiger partial charge in [0, 0.05) is 11.3 Å². The van der Waals surface area contributed by atoms with Gasteiger partial charge in [-0.25, -0.2) is 4.79 Å². The first-order valence-electron chi connectivity index (χ1n) is 6.14. The fraction of sp³-hybridized carbons (Fsp3) is 0.727. The quantitative estimate of drug-likeness (QED) is 0.892. The van der Waals surface area contributed by atoms with Crippen molar-refractivity contribution in [1.82, 2.24) is 15.5 Å². The van der Waals surface area contributed by atoms with Gasteiger partial charge in [0.25, 0.3) is 0 Å². The van der Waals surface area contributed by atoms with E-state index in [0.29, 0.717) is 16.4 Å². The molecule has 0 saturated heterocycles. The van der Waals surface area contributed by atoms with Crippen molar-refractivity contribution in [2.24, 2.45) is 0 Å². The van der Waals surface area contributed by atoms with Crippen molar-refractivity contribution >= 4 is 34.3 Å². The molecule has 18 heavy (non-hydrogen) atoms. The van der Waals surface area contributed by atoms with Crippen molar-refractivity contribution in [2.75, 3.05) is 11.6 Å². The van der Waals surface area contributed by atoms with Crippen molar-refractivity contribution in [3.63, 3.8) is 0 Å². The number of carbonyl (C=O) groups excluding carboxylic acids is 1. The van der Waals surface area contributed by atoms with Crippen LogP contribution in [-0.2, 0) is 6.42 Å². The van der Waals surface area contributed by atoms with Crippen molar-refractivity contribution in [2.45, 2.75) is 43.9 Å². The highest BCUT2D eigenvalue weighted by molar-refractivity contribution is 7.99. The normalized spacial score (nSPS) is 23.0. The third-order valence-electron chi connectivity index (χ3n) is 3.04. The number of nitrogens with zero attached hydrogens (tertiary/aromatic N) is 2. The second kappa shape index (κ2) is 6.38. The van der Waals surface area contributed by atoms with Crippen LogP contribution in [0.4, 0.5) is 9.93 Å². The first-order chi connectivity index (χ1) is 8.71. The number of urea groups is 1. The Morgan fingerprint density at radius 2 is 2.33 bits per heavy atom. The first kappa shape index (κ1) is 13.6. The van der Waals surface area contributed by atoms with E-state index < -0.39 is 0 Å². The SMILES string of the molecule is CCc1nnc(NC(=O)N[C@H]2CC[C@@H](SC)C2)s1. The Labute approximate surface area is 115 Å². The minimum absolute atomic E-state index is 0.166. The number of hydrogen-bond acceptors (Lipinski definition) is 5. The molecule has 0 aromatic carbocycles. The summed E-state index contributed by atoms with van der Waals surface area (Å²) in [6.45, 7) is 2.02. The molecular weight excluding hydrogens is 268 g/mol. The average Bonchev–Trinajstić information content (AvgIpc) is 2.98. The molecule has 0 spiro atoms. The summed E-state index contributed by atoms with van der Waals surface area (Å²) in [5, 5.41) is 15.8. The standard InChI is InChI=1S/C11H18N4OS2/c1-3-9-14-15-11(18-9)13-10(16)12-7-4-5-8(6-7)17-2/h7-8H,3-6H2,1-2H3,(H2,12,13,15,16)/t7-,8+/m0/s1. The molecule has 2 N–H and O–H groups in total. The monoisotopic (exact) mass is 286 g/mol. The van der Waals surface area contributed by atoms with E-state index in [-0.39, 0.29) is 6.03 Å². The minimum Gasteiger partial charge on any atom is -0.335 e. The molecule has 1 fully saturated rings. The fourth-order valence-electron chi connectivity index (χ4n) is 2.05. The molecule has 1 aromatic rings. The molecule has 0 bridgehead atoms. The molecule has 1 heterocycles. The molecule has 2 rings (SSSR count). The van der Waals surface area contributed by atoms with Gasteiger partial charge in [0.1, 0.15) is 5.01 Å². The zero-order chi connectivity index (χ0) is 13.0. The molecule has 5 nitrogen and oxygen atoms in total. The Hall–Kier alpha value is -0.820. The first-order valence-corrected chi connectivity index (χ1v) is 8.24. The van der Waals surface area contributed by atoms with Crippen LogP contribution in [0.3, 0.4) is 0 Å². The molecule has 2 atom stereocenters. The smallest absolute Gasteiger partial charge is 0.321 e. The van der Waals surface area contributed by atoms with Crippen LogP contribution >= 0.6 is 23.1 Å². The van der Waals surface area contributed by atoms with Crippen molar-refractivity contribution in [3.05, 3.63) is 5.01 Å². The zero-order valence-electron chi connectivity index (χ0n) is 10.6. The number of amides is 2. The molecule has 1 aromatic heterocycles. The Kier molecular flexibility index (Phi) is 4.82. The summed E-state index contributed by atoms with van der Waals surface area (Å²) in [7, 11) is 0. The van der Waals surface area contributed by atoms with Gasteiger partial charge in [-0.3, -0.25) is 5.32 Å². The lowest BCUT2D eigenvalue weighted by Gasteiger charge is -2.12. The van der Waals surface area contributed by atoms with E-state index in [0.717, 1.165) is 24.3 Å². The maximum absolute atomic E-state index is 11.8. The number of carbonyl (C=O) groups is 1. The molecule has 0 radical (unpaired) electrons. The number of rotatable bonds is 4. The topological polar surface area (TPSA) is 66.9 Å². The highest BCUT2D eigenvalue weighted by Gasteiger charge is 2.25. The van der Waals surface area contributed by atoms with E-state index in [4.69, 9.17) is 0 Å². The number of aromatic nitrogens is 2. The lowest BCUT2D eigenvalue weighted by Crippen LogP contribution is -2.36. The summed E-state index contributed by atoms with van der Waals surface area (Å²) in [6.07, 6.45) is 6.28. The van der Waals surface area contributed by atoms with E-state index in [1.165, 1.54) is 17.8 Å². The molecule has 100 valence electrons. The van der Waals surface area contributed by atoms with E-state index in [2.05, 4.69) is 27.1 Å². The molecule has 7 heteroatoms. The van der Waals surface area contributed by atoms with Gasteiger partial charge < -0.3 is 5.32 Å². The number of anilines is 1. The van der Waals surface area contributed by atoms with E-state index in [1.807, 2.05) is 18.7 Å². The number of hydrogen-bond donors (Lipinski definition) is 2. The fourth-order valence-corrected chi connectivity index (χ4v) is 3.52. The molecule has 0 unspecified atom stereocenters. The predicted octanol–water partition coefficient (Wildman–Crippen LogP) is 2.51. The largest absolute Gasteiger partial charge is 0.335 e. The van der Waals surface area contributed by atoms with Crippen LogP contribution in [0.5, 0.6) is 0 Å². The van der Waals surface area contributed by atoms with Gasteiger partial charge in [-0.15, -0.1) is 10.2 Å². The third-order valence-corrected chi connectivity index (χ3v) is 5.12. The summed E-state index contributed by atoms with van der Waals surface area (Å²) < 4.78 is 0. The number of aryl methyl sites for hydroxylation is 1. The second-order valence-electron chi connectivity index (χ2n) is 4.32. The highest BCUT2D eigenvalue weighted by Crippen LogP contribution is 2.28. The summed E-state index contributed by atoms with van der Waals surface area (Å²) in [5.41, 5.74) is 0. The van der Waals surface area contributed by atoms with Gasteiger partial charge in [0.2, 0.25) is 5.13 Å². The van der Waals surface area contributed by atoms with Crippen LogP contribution in [0.2, 0.25) is 0 Å².